The third-order valence-electron chi connectivity index (χ3n) is 4.14. The topological polar surface area (TPSA) is 40.5 Å². The number of hydrogen-bond donors (Lipinski definition) is 1. The highest BCUT2D eigenvalue weighted by Gasteiger charge is 2.30. The van der Waals surface area contributed by atoms with Crippen molar-refractivity contribution in [2.75, 3.05) is 6.61 Å². The summed E-state index contributed by atoms with van der Waals surface area (Å²) in [5.74, 6) is 5.59. The molecule has 1 aromatic carbocycles. The Bertz CT molecular complexity index is 573. The van der Waals surface area contributed by atoms with E-state index in [4.69, 9.17) is 5.11 Å². The van der Waals surface area contributed by atoms with E-state index in [1.807, 2.05) is 30.0 Å². The quantitative estimate of drug-likeness (QED) is 0.806. The predicted octanol–water partition coefficient (Wildman–Crippen LogP) is 2.74. The summed E-state index contributed by atoms with van der Waals surface area (Å²) in [5, 5.41) is 8.88. The summed E-state index contributed by atoms with van der Waals surface area (Å²) < 4.78 is 0. The summed E-state index contributed by atoms with van der Waals surface area (Å²) >= 11 is 0. The molecular formula is C18H23NO2. The Morgan fingerprint density at radius 1 is 1.33 bits per heavy atom. The van der Waals surface area contributed by atoms with Gasteiger partial charge >= 0.3 is 0 Å². The molecule has 0 unspecified atom stereocenters. The molecule has 0 saturated carbocycles. The first-order valence-electron chi connectivity index (χ1n) is 7.57. The predicted molar refractivity (Wildman–Crippen MR) is 84.1 cm³/mol. The van der Waals surface area contributed by atoms with E-state index in [2.05, 4.69) is 25.7 Å². The standard InChI is InChI=1S/C18H23NO2/c1-13-9-10-16(8-5-11-20)17(12-13)18(21)19-14(2)6-4-7-15(19)3/h9-10,12,14-15,20H,4,6-7,11H2,1-3H3/t14-,15+. The zero-order valence-electron chi connectivity index (χ0n) is 13.0. The Balaban J connectivity index is 2.39. The van der Waals surface area contributed by atoms with E-state index in [-0.39, 0.29) is 24.6 Å². The Hall–Kier alpha value is -1.79. The van der Waals surface area contributed by atoms with Crippen LogP contribution in [0, 0.1) is 18.8 Å². The maximum atomic E-state index is 13.0. The molecule has 1 aromatic rings. The number of aliphatic hydroxyl groups is 1. The Morgan fingerprint density at radius 3 is 2.62 bits per heavy atom. The molecule has 1 amide bonds. The van der Waals surface area contributed by atoms with E-state index in [1.54, 1.807) is 0 Å². The second-order valence-electron chi connectivity index (χ2n) is 5.85. The third kappa shape index (κ3) is 3.46. The van der Waals surface area contributed by atoms with Crippen LogP contribution in [0.3, 0.4) is 0 Å². The Kier molecular flexibility index (Phi) is 5.03. The van der Waals surface area contributed by atoms with Crippen molar-refractivity contribution in [1.82, 2.24) is 4.90 Å². The van der Waals surface area contributed by atoms with Crippen molar-refractivity contribution in [2.24, 2.45) is 0 Å². The van der Waals surface area contributed by atoms with Crippen molar-refractivity contribution in [3.63, 3.8) is 0 Å². The van der Waals surface area contributed by atoms with Gasteiger partial charge in [-0.1, -0.05) is 23.5 Å². The molecule has 0 spiro atoms. The molecule has 1 fully saturated rings. The molecule has 21 heavy (non-hydrogen) atoms. The summed E-state index contributed by atoms with van der Waals surface area (Å²) in [5.41, 5.74) is 2.39. The van der Waals surface area contributed by atoms with Gasteiger partial charge in [-0.3, -0.25) is 4.79 Å². The first-order chi connectivity index (χ1) is 10.0. The van der Waals surface area contributed by atoms with Crippen molar-refractivity contribution >= 4 is 5.91 Å². The lowest BCUT2D eigenvalue weighted by molar-refractivity contribution is 0.0510. The average molecular weight is 285 g/mol. The zero-order chi connectivity index (χ0) is 15.4. The number of rotatable bonds is 1. The van der Waals surface area contributed by atoms with Gasteiger partial charge in [-0.25, -0.2) is 0 Å². The zero-order valence-corrected chi connectivity index (χ0v) is 13.0. The van der Waals surface area contributed by atoms with Gasteiger partial charge in [-0.15, -0.1) is 0 Å². The van der Waals surface area contributed by atoms with Gasteiger partial charge in [0.15, 0.2) is 0 Å². The number of nitrogens with zero attached hydrogens (tertiary/aromatic N) is 1. The second kappa shape index (κ2) is 6.78. The molecule has 112 valence electrons. The van der Waals surface area contributed by atoms with E-state index >= 15 is 0 Å². The Labute approximate surface area is 127 Å². The molecule has 3 heteroatoms. The number of aryl methyl sites for hydroxylation is 1. The molecule has 1 aliphatic heterocycles. The highest BCUT2D eigenvalue weighted by molar-refractivity contribution is 5.97. The van der Waals surface area contributed by atoms with E-state index in [9.17, 15) is 4.79 Å². The van der Waals surface area contributed by atoms with E-state index in [0.717, 1.165) is 18.4 Å². The number of aliphatic hydroxyl groups excluding tert-OH is 1. The van der Waals surface area contributed by atoms with Crippen molar-refractivity contribution in [3.8, 4) is 11.8 Å². The van der Waals surface area contributed by atoms with E-state index in [0.29, 0.717) is 11.1 Å². The number of piperidine rings is 1. The highest BCUT2D eigenvalue weighted by Crippen LogP contribution is 2.25. The van der Waals surface area contributed by atoms with E-state index < -0.39 is 0 Å². The molecular weight excluding hydrogens is 262 g/mol. The number of carbonyl (C=O) groups excluding carboxylic acids is 1. The number of likely N-dealkylation sites (tertiary alicyclic amines) is 1. The summed E-state index contributed by atoms with van der Waals surface area (Å²) in [6.45, 7) is 6.01. The van der Waals surface area contributed by atoms with Crippen LogP contribution in [-0.2, 0) is 0 Å². The van der Waals surface area contributed by atoms with Crippen molar-refractivity contribution < 1.29 is 9.90 Å². The van der Waals surface area contributed by atoms with Gasteiger partial charge < -0.3 is 10.0 Å². The first-order valence-corrected chi connectivity index (χ1v) is 7.57. The van der Waals surface area contributed by atoms with Crippen LogP contribution in [0.4, 0.5) is 0 Å². The molecule has 1 N–H and O–H groups in total. The maximum Gasteiger partial charge on any atom is 0.255 e. The van der Waals surface area contributed by atoms with Crippen LogP contribution >= 0.6 is 0 Å². The fraction of sp³-hybridized carbons (Fsp3) is 0.500. The van der Waals surface area contributed by atoms with Crippen molar-refractivity contribution in [1.29, 1.82) is 0 Å². The monoisotopic (exact) mass is 285 g/mol. The molecule has 2 rings (SSSR count). The van der Waals surface area contributed by atoms with Gasteiger partial charge in [0, 0.05) is 17.6 Å². The summed E-state index contributed by atoms with van der Waals surface area (Å²) in [7, 11) is 0. The van der Waals surface area contributed by atoms with Crippen LogP contribution < -0.4 is 0 Å². The average Bonchev–Trinajstić information content (AvgIpc) is 2.45. The van der Waals surface area contributed by atoms with Crippen LogP contribution in [0.25, 0.3) is 0 Å². The smallest absolute Gasteiger partial charge is 0.255 e. The van der Waals surface area contributed by atoms with Gasteiger partial charge in [0.05, 0.1) is 5.56 Å². The largest absolute Gasteiger partial charge is 0.384 e. The summed E-state index contributed by atoms with van der Waals surface area (Å²) in [4.78, 5) is 14.9. The van der Waals surface area contributed by atoms with Gasteiger partial charge in [0.25, 0.3) is 5.91 Å². The SMILES string of the molecule is Cc1ccc(C#CCO)c(C(=O)N2[C@H](C)CCC[C@@H]2C)c1. The van der Waals surface area contributed by atoms with E-state index in [1.165, 1.54) is 6.42 Å². The van der Waals surface area contributed by atoms with Gasteiger partial charge in [0.1, 0.15) is 6.61 Å². The molecule has 0 bridgehead atoms. The van der Waals surface area contributed by atoms with Crippen LogP contribution in [0.1, 0.15) is 54.6 Å². The van der Waals surface area contributed by atoms with Crippen LogP contribution in [-0.4, -0.2) is 34.6 Å². The van der Waals surface area contributed by atoms with Gasteiger partial charge in [0.2, 0.25) is 0 Å². The minimum absolute atomic E-state index is 0.0561. The highest BCUT2D eigenvalue weighted by atomic mass is 16.2. The van der Waals surface area contributed by atoms with Crippen molar-refractivity contribution in [3.05, 3.63) is 34.9 Å². The first kappa shape index (κ1) is 15.6. The fourth-order valence-corrected chi connectivity index (χ4v) is 3.04. The van der Waals surface area contributed by atoms with Gasteiger partial charge in [-0.2, -0.15) is 0 Å². The number of carbonyl (C=O) groups is 1. The molecule has 1 aliphatic rings. The minimum atomic E-state index is -0.196. The molecule has 1 heterocycles. The molecule has 1 saturated heterocycles. The second-order valence-corrected chi connectivity index (χ2v) is 5.85. The molecule has 0 aromatic heterocycles. The van der Waals surface area contributed by atoms with Crippen LogP contribution in [0.2, 0.25) is 0 Å². The lowest BCUT2D eigenvalue weighted by atomic mass is 9.95. The normalized spacial score (nSPS) is 21.6. The molecule has 0 aliphatic carbocycles. The minimum Gasteiger partial charge on any atom is -0.384 e. The number of hydrogen-bond acceptors (Lipinski definition) is 2. The van der Waals surface area contributed by atoms with Crippen LogP contribution in [0.15, 0.2) is 18.2 Å². The molecule has 2 atom stereocenters. The summed E-state index contributed by atoms with van der Waals surface area (Å²) in [6.07, 6.45) is 3.29. The third-order valence-corrected chi connectivity index (χ3v) is 4.14. The lowest BCUT2D eigenvalue weighted by Crippen LogP contribution is -2.47. The van der Waals surface area contributed by atoms with Crippen molar-refractivity contribution in [2.45, 2.75) is 52.1 Å². The Morgan fingerprint density at radius 2 is 2.00 bits per heavy atom. The number of benzene rings is 1. The van der Waals surface area contributed by atoms with Crippen LogP contribution in [0.5, 0.6) is 0 Å². The lowest BCUT2D eigenvalue weighted by Gasteiger charge is -2.39. The van der Waals surface area contributed by atoms with Gasteiger partial charge in [-0.05, 0) is 52.2 Å². The molecule has 3 nitrogen and oxygen atoms in total. The molecule has 0 radical (unpaired) electrons. The maximum absolute atomic E-state index is 13.0. The number of amides is 1. The summed E-state index contributed by atoms with van der Waals surface area (Å²) in [6, 6.07) is 6.24. The fourth-order valence-electron chi connectivity index (χ4n) is 3.04.